The average Bonchev–Trinajstić information content (AvgIpc) is 3.26. The Kier molecular flexibility index (Phi) is 7.21. The number of carboxylic acids is 1. The number of nitrogens with zero attached hydrogens (tertiary/aromatic N) is 2. The van der Waals surface area contributed by atoms with E-state index in [0.717, 1.165) is 23.2 Å². The quantitative estimate of drug-likeness (QED) is 0.361. The van der Waals surface area contributed by atoms with Gasteiger partial charge in [-0.1, -0.05) is 36.4 Å². The number of aryl methyl sites for hydroxylation is 2. The Hall–Kier alpha value is -4.46. The highest BCUT2D eigenvalue weighted by atomic mass is 19.1. The van der Waals surface area contributed by atoms with Gasteiger partial charge in [-0.15, -0.1) is 0 Å². The lowest BCUT2D eigenvalue weighted by atomic mass is 10.0. The van der Waals surface area contributed by atoms with E-state index >= 15 is 0 Å². The molecule has 0 saturated carbocycles. The van der Waals surface area contributed by atoms with Crippen LogP contribution in [0.5, 0.6) is 5.75 Å². The minimum atomic E-state index is -0.970. The molecule has 0 saturated heterocycles. The van der Waals surface area contributed by atoms with Gasteiger partial charge in [-0.2, -0.15) is 5.10 Å². The van der Waals surface area contributed by atoms with E-state index < -0.39 is 11.9 Å². The predicted octanol–water partition coefficient (Wildman–Crippen LogP) is 4.09. The number of halogens is 1. The van der Waals surface area contributed by atoms with Crippen LogP contribution in [-0.4, -0.2) is 33.4 Å². The van der Waals surface area contributed by atoms with Crippen LogP contribution in [0, 0.1) is 5.82 Å². The lowest BCUT2D eigenvalue weighted by Crippen LogP contribution is -2.20. The number of carbonyl (C=O) groups is 2. The van der Waals surface area contributed by atoms with Crippen molar-refractivity contribution in [2.75, 3.05) is 6.61 Å². The molecule has 0 radical (unpaired) electrons. The van der Waals surface area contributed by atoms with Crippen LogP contribution < -0.4 is 10.5 Å². The van der Waals surface area contributed by atoms with E-state index in [-0.39, 0.29) is 18.8 Å². The maximum absolute atomic E-state index is 13.6. The standard InChI is InChI=1S/C27H24FN3O4/c28-21-9-7-20(8-10-21)24-16-23(30-31(24)13-12-18-4-2-1-3-5-18)22-14-19(15-27(33)34)6-11-25(22)35-17-26(29)32/h1-11,14,16H,12-13,15,17H2,(H2,29,32)(H,33,34). The van der Waals surface area contributed by atoms with Crippen LogP contribution in [0.15, 0.2) is 78.9 Å². The minimum Gasteiger partial charge on any atom is -0.483 e. The zero-order valence-corrected chi connectivity index (χ0v) is 18.9. The second-order valence-electron chi connectivity index (χ2n) is 8.04. The highest BCUT2D eigenvalue weighted by molar-refractivity contribution is 5.78. The first-order chi connectivity index (χ1) is 16.9. The van der Waals surface area contributed by atoms with Crippen molar-refractivity contribution in [1.82, 2.24) is 9.78 Å². The first-order valence-electron chi connectivity index (χ1n) is 11.0. The summed E-state index contributed by atoms with van der Waals surface area (Å²) in [6.45, 7) is 0.230. The van der Waals surface area contributed by atoms with E-state index in [0.29, 0.717) is 29.1 Å². The monoisotopic (exact) mass is 473 g/mol. The Balaban J connectivity index is 1.77. The summed E-state index contributed by atoms with van der Waals surface area (Å²) in [7, 11) is 0. The van der Waals surface area contributed by atoms with Gasteiger partial charge in [0.1, 0.15) is 11.6 Å². The molecule has 1 aromatic heterocycles. The largest absolute Gasteiger partial charge is 0.483 e. The Bertz CT molecular complexity index is 1330. The van der Waals surface area contributed by atoms with Crippen molar-refractivity contribution >= 4 is 11.9 Å². The number of carboxylic acid groups (broad SMARTS) is 1. The maximum atomic E-state index is 13.6. The summed E-state index contributed by atoms with van der Waals surface area (Å²) in [5.41, 5.74) is 9.55. The van der Waals surface area contributed by atoms with E-state index in [1.54, 1.807) is 30.3 Å². The van der Waals surface area contributed by atoms with Crippen molar-refractivity contribution in [2.45, 2.75) is 19.4 Å². The number of hydrogen-bond acceptors (Lipinski definition) is 4. The number of ether oxygens (including phenoxy) is 1. The van der Waals surface area contributed by atoms with Crippen molar-refractivity contribution in [3.63, 3.8) is 0 Å². The molecule has 3 aromatic carbocycles. The summed E-state index contributed by atoms with van der Waals surface area (Å²) in [5, 5.41) is 14.0. The molecule has 1 amide bonds. The van der Waals surface area contributed by atoms with Gasteiger partial charge in [-0.3, -0.25) is 14.3 Å². The van der Waals surface area contributed by atoms with Crippen LogP contribution >= 0.6 is 0 Å². The third-order valence-electron chi connectivity index (χ3n) is 5.42. The Labute approximate surface area is 201 Å². The SMILES string of the molecule is NC(=O)COc1ccc(CC(=O)O)cc1-c1cc(-c2ccc(F)cc2)n(CCc2ccccc2)n1. The second kappa shape index (κ2) is 10.6. The number of amides is 1. The molecule has 0 fully saturated rings. The predicted molar refractivity (Wildman–Crippen MR) is 129 cm³/mol. The average molecular weight is 474 g/mol. The summed E-state index contributed by atoms with van der Waals surface area (Å²) < 4.78 is 21.0. The minimum absolute atomic E-state index is 0.178. The topological polar surface area (TPSA) is 107 Å². The van der Waals surface area contributed by atoms with Crippen molar-refractivity contribution in [3.05, 3.63) is 95.8 Å². The molecule has 0 atom stereocenters. The van der Waals surface area contributed by atoms with Gasteiger partial charge in [0.25, 0.3) is 5.91 Å². The summed E-state index contributed by atoms with van der Waals surface area (Å²) in [4.78, 5) is 22.6. The molecule has 0 unspecified atom stereocenters. The normalized spacial score (nSPS) is 10.8. The van der Waals surface area contributed by atoms with Gasteiger partial charge in [0.15, 0.2) is 6.61 Å². The summed E-state index contributed by atoms with van der Waals surface area (Å²) in [5.74, 6) is -1.59. The lowest BCUT2D eigenvalue weighted by Gasteiger charge is -2.10. The Morgan fingerprint density at radius 3 is 2.40 bits per heavy atom. The summed E-state index contributed by atoms with van der Waals surface area (Å²) in [6, 6.07) is 22.9. The number of benzene rings is 3. The molecule has 4 aromatic rings. The molecule has 0 aliphatic heterocycles. The van der Waals surface area contributed by atoms with Crippen molar-refractivity contribution in [1.29, 1.82) is 0 Å². The van der Waals surface area contributed by atoms with Crippen LogP contribution in [-0.2, 0) is 29.0 Å². The Morgan fingerprint density at radius 1 is 0.971 bits per heavy atom. The van der Waals surface area contributed by atoms with Crippen LogP contribution in [0.4, 0.5) is 4.39 Å². The van der Waals surface area contributed by atoms with Gasteiger partial charge in [-0.25, -0.2) is 4.39 Å². The van der Waals surface area contributed by atoms with E-state index in [4.69, 9.17) is 15.6 Å². The van der Waals surface area contributed by atoms with E-state index in [2.05, 4.69) is 0 Å². The first-order valence-corrected chi connectivity index (χ1v) is 11.0. The molecular formula is C27H24FN3O4. The third kappa shape index (κ3) is 6.11. The molecule has 4 rings (SSSR count). The molecule has 0 aliphatic rings. The Morgan fingerprint density at radius 2 is 1.71 bits per heavy atom. The number of nitrogens with two attached hydrogens (primary N) is 1. The van der Waals surface area contributed by atoms with Crippen LogP contribution in [0.2, 0.25) is 0 Å². The zero-order chi connectivity index (χ0) is 24.8. The van der Waals surface area contributed by atoms with Crippen LogP contribution in [0.1, 0.15) is 11.1 Å². The third-order valence-corrected chi connectivity index (χ3v) is 5.42. The van der Waals surface area contributed by atoms with E-state index in [1.807, 2.05) is 41.1 Å². The molecule has 3 N–H and O–H groups in total. The first kappa shape index (κ1) is 23.7. The van der Waals surface area contributed by atoms with Gasteiger partial charge in [0.05, 0.1) is 17.8 Å². The van der Waals surface area contributed by atoms with E-state index in [1.165, 1.54) is 12.1 Å². The van der Waals surface area contributed by atoms with Crippen LogP contribution in [0.3, 0.4) is 0 Å². The highest BCUT2D eigenvalue weighted by Crippen LogP contribution is 2.34. The molecule has 7 nitrogen and oxygen atoms in total. The fraction of sp³-hybridized carbons (Fsp3) is 0.148. The number of aromatic nitrogens is 2. The zero-order valence-electron chi connectivity index (χ0n) is 18.9. The van der Waals surface area contributed by atoms with Gasteiger partial charge < -0.3 is 15.6 Å². The summed E-state index contributed by atoms with van der Waals surface area (Å²) in [6.07, 6.45) is 0.545. The maximum Gasteiger partial charge on any atom is 0.307 e. The molecule has 1 heterocycles. The number of rotatable bonds is 10. The van der Waals surface area contributed by atoms with Crippen molar-refractivity contribution < 1.29 is 23.8 Å². The fourth-order valence-corrected chi connectivity index (χ4v) is 3.79. The number of carbonyl (C=O) groups excluding carboxylic acids is 1. The van der Waals surface area contributed by atoms with Crippen molar-refractivity contribution in [3.8, 4) is 28.3 Å². The number of hydrogen-bond donors (Lipinski definition) is 2. The second-order valence-corrected chi connectivity index (χ2v) is 8.04. The van der Waals surface area contributed by atoms with Crippen LogP contribution in [0.25, 0.3) is 22.5 Å². The smallest absolute Gasteiger partial charge is 0.307 e. The molecule has 178 valence electrons. The highest BCUT2D eigenvalue weighted by Gasteiger charge is 2.17. The number of aliphatic carboxylic acids is 1. The van der Waals surface area contributed by atoms with Gasteiger partial charge in [-0.05, 0) is 60.0 Å². The fourth-order valence-electron chi connectivity index (χ4n) is 3.79. The van der Waals surface area contributed by atoms with Gasteiger partial charge in [0, 0.05) is 17.7 Å². The van der Waals surface area contributed by atoms with E-state index in [9.17, 15) is 19.1 Å². The molecular weight excluding hydrogens is 449 g/mol. The molecule has 35 heavy (non-hydrogen) atoms. The lowest BCUT2D eigenvalue weighted by molar-refractivity contribution is -0.136. The molecule has 0 aliphatic carbocycles. The summed E-state index contributed by atoms with van der Waals surface area (Å²) >= 11 is 0. The van der Waals surface area contributed by atoms with Crippen molar-refractivity contribution in [2.24, 2.45) is 5.73 Å². The van der Waals surface area contributed by atoms with Gasteiger partial charge >= 0.3 is 5.97 Å². The molecule has 8 heteroatoms. The number of primary amides is 1. The molecule has 0 bridgehead atoms. The van der Waals surface area contributed by atoms with Gasteiger partial charge in [0.2, 0.25) is 0 Å². The molecule has 0 spiro atoms.